The zero-order valence-electron chi connectivity index (χ0n) is 27.9. The topological polar surface area (TPSA) is 47.6 Å². The minimum absolute atomic E-state index is 0.0197. The predicted molar refractivity (Wildman–Crippen MR) is 195 cm³/mol. The molecule has 0 radical (unpaired) electrons. The summed E-state index contributed by atoms with van der Waals surface area (Å²) < 4.78 is 11.9. The molecule has 240 valence electrons. The van der Waals surface area contributed by atoms with E-state index in [1.165, 1.54) is 11.1 Å². The van der Waals surface area contributed by atoms with Crippen LogP contribution in [0.3, 0.4) is 0 Å². The van der Waals surface area contributed by atoms with Gasteiger partial charge in [0.25, 0.3) is 0 Å². The monoisotopic (exact) mass is 631 g/mol. The van der Waals surface area contributed by atoms with Crippen LogP contribution in [0.25, 0.3) is 0 Å². The van der Waals surface area contributed by atoms with Crippen molar-refractivity contribution in [3.63, 3.8) is 0 Å². The summed E-state index contributed by atoms with van der Waals surface area (Å²) in [5.41, 5.74) is 7.70. The van der Waals surface area contributed by atoms with E-state index in [2.05, 4.69) is 98.0 Å². The Morgan fingerprint density at radius 3 is 1.44 bits per heavy atom. The molecule has 1 N–H and O–H groups in total. The smallest absolute Gasteiger partial charge is 0.236 e. The summed E-state index contributed by atoms with van der Waals surface area (Å²) in [5.74, 6) is 0.762. The maximum absolute atomic E-state index is 14.1. The zero-order chi connectivity index (χ0) is 33.5. The fourth-order valence-electron chi connectivity index (χ4n) is 6.56. The Bertz CT molecular complexity index is 1920. The summed E-state index contributed by atoms with van der Waals surface area (Å²) >= 11 is 0. The summed E-state index contributed by atoms with van der Waals surface area (Å²) in [6.07, 6.45) is 0. The Morgan fingerprint density at radius 2 is 0.958 bits per heavy atom. The van der Waals surface area contributed by atoms with Crippen LogP contribution in [0.2, 0.25) is 0 Å². The number of amides is 1. The molecule has 0 aliphatic carbocycles. The highest BCUT2D eigenvalue weighted by molar-refractivity contribution is 5.98. The highest BCUT2D eigenvalue weighted by Crippen LogP contribution is 2.43. The van der Waals surface area contributed by atoms with Gasteiger partial charge in [-0.2, -0.15) is 0 Å². The largest absolute Gasteiger partial charge is 0.496 e. The number of carbonyl (C=O) groups is 1. The molecule has 0 aliphatic rings. The third-order valence-corrected chi connectivity index (χ3v) is 9.23. The van der Waals surface area contributed by atoms with Crippen molar-refractivity contribution in [1.82, 2.24) is 0 Å². The fourth-order valence-corrected chi connectivity index (χ4v) is 6.56. The van der Waals surface area contributed by atoms with Gasteiger partial charge < -0.3 is 14.8 Å². The molecule has 0 heterocycles. The third-order valence-electron chi connectivity index (χ3n) is 9.23. The van der Waals surface area contributed by atoms with Gasteiger partial charge >= 0.3 is 0 Å². The maximum atomic E-state index is 14.1. The number of benzene rings is 6. The molecule has 0 saturated heterocycles. The Kier molecular flexibility index (Phi) is 9.73. The van der Waals surface area contributed by atoms with Crippen molar-refractivity contribution in [2.75, 3.05) is 19.5 Å². The van der Waals surface area contributed by atoms with Crippen LogP contribution in [0.4, 0.5) is 5.69 Å². The van der Waals surface area contributed by atoms with Gasteiger partial charge in [0.2, 0.25) is 5.91 Å². The molecular weight excluding hydrogens is 590 g/mol. The van der Waals surface area contributed by atoms with Crippen LogP contribution in [0, 0.1) is 0 Å². The number of nitrogens with one attached hydrogen (secondary N) is 1. The molecule has 6 aromatic rings. The van der Waals surface area contributed by atoms with Crippen molar-refractivity contribution >= 4 is 11.6 Å². The molecule has 0 spiro atoms. The number of methoxy groups -OCH3 is 2. The number of carbonyl (C=O) groups excluding carboxylic acids is 1. The van der Waals surface area contributed by atoms with Crippen LogP contribution in [-0.2, 0) is 10.2 Å². The third kappa shape index (κ3) is 6.74. The second-order valence-corrected chi connectivity index (χ2v) is 12.5. The molecule has 1 unspecified atom stereocenters. The molecule has 4 nitrogen and oxygen atoms in total. The predicted octanol–water partition coefficient (Wildman–Crippen LogP) is 9.98. The van der Waals surface area contributed by atoms with E-state index >= 15 is 0 Å². The summed E-state index contributed by atoms with van der Waals surface area (Å²) in [6.45, 7) is 4.46. The fraction of sp³-hybridized carbons (Fsp3) is 0.159. The zero-order valence-corrected chi connectivity index (χ0v) is 27.9. The molecule has 48 heavy (non-hydrogen) atoms. The van der Waals surface area contributed by atoms with Gasteiger partial charge in [0, 0.05) is 28.1 Å². The molecule has 0 aromatic heterocycles. The normalized spacial score (nSPS) is 11.9. The van der Waals surface area contributed by atoms with E-state index in [0.717, 1.165) is 39.3 Å². The number of para-hydroxylation sites is 1. The van der Waals surface area contributed by atoms with E-state index in [1.54, 1.807) is 14.2 Å². The molecule has 0 bridgehead atoms. The summed E-state index contributed by atoms with van der Waals surface area (Å²) in [4.78, 5) is 14.1. The Balaban J connectivity index is 1.46. The molecule has 1 amide bonds. The van der Waals surface area contributed by atoms with Gasteiger partial charge in [0.05, 0.1) is 20.1 Å². The van der Waals surface area contributed by atoms with Gasteiger partial charge in [-0.15, -0.1) is 0 Å². The van der Waals surface area contributed by atoms with Gasteiger partial charge in [-0.25, -0.2) is 0 Å². The minimum Gasteiger partial charge on any atom is -0.496 e. The molecule has 6 rings (SSSR count). The first-order chi connectivity index (χ1) is 23.4. The number of rotatable bonds is 11. The van der Waals surface area contributed by atoms with Crippen molar-refractivity contribution in [1.29, 1.82) is 0 Å². The quantitative estimate of drug-likeness (QED) is 0.145. The highest BCUT2D eigenvalue weighted by Gasteiger charge is 2.31. The standard InChI is InChI=1S/C44H41NO3/c1-44(2,34-25-27-39(47-3)37(29-34)41(31-17-9-5-10-18-31)32-19-11-6-12-20-32)35-26-28-40(48-4)38(30-35)42(33-21-13-7-14-22-33)43(46)45-36-23-15-8-16-24-36/h5-30,41-42H,1-4H3,(H,45,46). The van der Waals surface area contributed by atoms with Crippen LogP contribution in [0.15, 0.2) is 158 Å². The first kappa shape index (κ1) is 32.3. The molecule has 4 heteroatoms. The van der Waals surface area contributed by atoms with E-state index in [-0.39, 0.29) is 11.8 Å². The molecule has 0 saturated carbocycles. The Morgan fingerprint density at radius 1 is 0.542 bits per heavy atom. The lowest BCUT2D eigenvalue weighted by atomic mass is 9.74. The average molecular weight is 632 g/mol. The highest BCUT2D eigenvalue weighted by atomic mass is 16.5. The second-order valence-electron chi connectivity index (χ2n) is 12.5. The van der Waals surface area contributed by atoms with Gasteiger partial charge in [0.15, 0.2) is 0 Å². The van der Waals surface area contributed by atoms with E-state index in [1.807, 2.05) is 78.9 Å². The van der Waals surface area contributed by atoms with Crippen LogP contribution in [0.1, 0.15) is 64.6 Å². The van der Waals surface area contributed by atoms with Crippen LogP contribution < -0.4 is 14.8 Å². The van der Waals surface area contributed by atoms with E-state index in [0.29, 0.717) is 5.75 Å². The van der Waals surface area contributed by atoms with Crippen molar-refractivity contribution in [3.05, 3.63) is 197 Å². The van der Waals surface area contributed by atoms with Crippen LogP contribution in [-0.4, -0.2) is 20.1 Å². The van der Waals surface area contributed by atoms with Gasteiger partial charge in [-0.3, -0.25) is 4.79 Å². The lowest BCUT2D eigenvalue weighted by molar-refractivity contribution is -0.116. The lowest BCUT2D eigenvalue weighted by Crippen LogP contribution is -2.24. The van der Waals surface area contributed by atoms with Gasteiger partial charge in [-0.05, 0) is 52.1 Å². The van der Waals surface area contributed by atoms with Gasteiger partial charge in [-0.1, -0.05) is 147 Å². The molecule has 1 atom stereocenters. The van der Waals surface area contributed by atoms with Crippen molar-refractivity contribution in [2.24, 2.45) is 0 Å². The summed E-state index contributed by atoms with van der Waals surface area (Å²) in [5, 5.41) is 3.14. The molecule has 6 aromatic carbocycles. The number of hydrogen-bond donors (Lipinski definition) is 1. The molecule has 0 aliphatic heterocycles. The summed E-state index contributed by atoms with van der Waals surface area (Å²) in [6, 6.07) is 53.3. The second kappa shape index (κ2) is 14.4. The molecular formula is C44H41NO3. The maximum Gasteiger partial charge on any atom is 0.236 e. The van der Waals surface area contributed by atoms with Crippen LogP contribution in [0.5, 0.6) is 11.5 Å². The first-order valence-corrected chi connectivity index (χ1v) is 16.3. The van der Waals surface area contributed by atoms with Gasteiger partial charge in [0.1, 0.15) is 11.5 Å². The van der Waals surface area contributed by atoms with E-state index < -0.39 is 11.3 Å². The minimum atomic E-state index is -0.593. The molecule has 0 fully saturated rings. The van der Waals surface area contributed by atoms with E-state index in [4.69, 9.17) is 9.47 Å². The van der Waals surface area contributed by atoms with E-state index in [9.17, 15) is 4.79 Å². The lowest BCUT2D eigenvalue weighted by Gasteiger charge is -2.30. The Labute approximate surface area is 284 Å². The van der Waals surface area contributed by atoms with Crippen molar-refractivity contribution in [2.45, 2.75) is 31.1 Å². The SMILES string of the molecule is COc1ccc(C(C)(C)c2ccc(OC)c(C(c3ccccc3)c3ccccc3)c2)cc1C(C(=O)Nc1ccccc1)c1ccccc1. The average Bonchev–Trinajstić information content (AvgIpc) is 3.13. The number of anilines is 1. The van der Waals surface area contributed by atoms with Crippen molar-refractivity contribution in [3.8, 4) is 11.5 Å². The first-order valence-electron chi connectivity index (χ1n) is 16.3. The number of hydrogen-bond acceptors (Lipinski definition) is 3. The summed E-state index contributed by atoms with van der Waals surface area (Å²) in [7, 11) is 3.39. The number of ether oxygens (including phenoxy) is 2. The van der Waals surface area contributed by atoms with Crippen LogP contribution >= 0.6 is 0 Å². The Hall–Kier alpha value is -5.61. The van der Waals surface area contributed by atoms with Crippen molar-refractivity contribution < 1.29 is 14.3 Å².